The highest BCUT2D eigenvalue weighted by molar-refractivity contribution is 5.94. The summed E-state index contributed by atoms with van der Waals surface area (Å²) in [6, 6.07) is 0. The number of aliphatic hydroxyl groups excluding tert-OH is 1. The van der Waals surface area contributed by atoms with Crippen LogP contribution in [0.25, 0.3) is 0 Å². The zero-order valence-electron chi connectivity index (χ0n) is 12.0. The molecule has 0 unspecified atom stereocenters. The first-order chi connectivity index (χ1) is 9.50. The predicted molar refractivity (Wildman–Crippen MR) is 74.1 cm³/mol. The zero-order chi connectivity index (χ0) is 14.1. The van der Waals surface area contributed by atoms with Crippen molar-refractivity contribution < 1.29 is 15.0 Å². The van der Waals surface area contributed by atoms with Crippen LogP contribution < -0.4 is 0 Å². The fourth-order valence-electron chi connectivity index (χ4n) is 5.69. The van der Waals surface area contributed by atoms with Crippen LogP contribution >= 0.6 is 0 Å². The summed E-state index contributed by atoms with van der Waals surface area (Å²) in [5.41, 5.74) is -0.574. The number of carbonyl (C=O) groups excluding carboxylic acids is 1. The Morgan fingerprint density at radius 2 is 2.10 bits per heavy atom. The van der Waals surface area contributed by atoms with Crippen LogP contribution in [0.5, 0.6) is 0 Å². The summed E-state index contributed by atoms with van der Waals surface area (Å²) in [4.78, 5) is 15.0. The van der Waals surface area contributed by atoms with E-state index in [-0.39, 0.29) is 17.6 Å². The largest absolute Gasteiger partial charge is 0.385 e. The molecule has 4 rings (SSSR count). The summed E-state index contributed by atoms with van der Waals surface area (Å²) in [6.45, 7) is 4.02. The Morgan fingerprint density at radius 1 is 1.35 bits per heavy atom. The van der Waals surface area contributed by atoms with Gasteiger partial charge in [0.25, 0.3) is 0 Å². The average Bonchev–Trinajstić information content (AvgIpc) is 2.43. The maximum absolute atomic E-state index is 12.7. The maximum Gasteiger partial charge on any atom is 0.195 e. The van der Waals surface area contributed by atoms with Crippen molar-refractivity contribution in [1.29, 1.82) is 0 Å². The van der Waals surface area contributed by atoms with E-state index in [1.165, 1.54) is 5.57 Å². The van der Waals surface area contributed by atoms with Gasteiger partial charge in [0, 0.05) is 5.92 Å². The van der Waals surface area contributed by atoms with Gasteiger partial charge >= 0.3 is 0 Å². The monoisotopic (exact) mass is 277 g/mol. The van der Waals surface area contributed by atoms with Crippen molar-refractivity contribution in [3.8, 4) is 0 Å². The van der Waals surface area contributed by atoms with E-state index in [0.29, 0.717) is 6.42 Å². The van der Waals surface area contributed by atoms with Crippen LogP contribution in [0.2, 0.25) is 0 Å². The van der Waals surface area contributed by atoms with E-state index >= 15 is 0 Å². The number of Topliss-reactive ketones (excluding diaryl/α,β-unsaturated/α-hetero) is 1. The molecule has 0 aromatic rings. The molecule has 2 aliphatic heterocycles. The summed E-state index contributed by atoms with van der Waals surface area (Å²) in [5.74, 6) is -0.204. The molecule has 2 bridgehead atoms. The Bertz CT molecular complexity index is 500. The van der Waals surface area contributed by atoms with Gasteiger partial charge in [-0.05, 0) is 58.0 Å². The number of aliphatic hydroxyl groups is 2. The van der Waals surface area contributed by atoms with Gasteiger partial charge in [0.15, 0.2) is 5.78 Å². The van der Waals surface area contributed by atoms with Gasteiger partial charge in [0.2, 0.25) is 0 Å². The lowest BCUT2D eigenvalue weighted by molar-refractivity contribution is -0.227. The Hall–Kier alpha value is -0.710. The third kappa shape index (κ3) is 1.26. The number of carbonyl (C=O) groups is 1. The third-order valence-corrected chi connectivity index (χ3v) is 6.33. The van der Waals surface area contributed by atoms with Gasteiger partial charge in [0.1, 0.15) is 11.7 Å². The van der Waals surface area contributed by atoms with Crippen molar-refractivity contribution in [2.24, 2.45) is 11.8 Å². The molecular weight excluding hydrogens is 254 g/mol. The quantitative estimate of drug-likeness (QED) is 0.645. The van der Waals surface area contributed by atoms with Crippen LogP contribution in [0.3, 0.4) is 0 Å². The van der Waals surface area contributed by atoms with E-state index in [2.05, 4.69) is 17.9 Å². The average molecular weight is 277 g/mol. The van der Waals surface area contributed by atoms with Gasteiger partial charge in [-0.2, -0.15) is 0 Å². The van der Waals surface area contributed by atoms with Crippen LogP contribution in [0.1, 0.15) is 39.0 Å². The van der Waals surface area contributed by atoms with Gasteiger partial charge in [-0.25, -0.2) is 0 Å². The van der Waals surface area contributed by atoms with Crippen molar-refractivity contribution in [2.45, 2.75) is 56.3 Å². The highest BCUT2D eigenvalue weighted by atomic mass is 16.3. The molecule has 0 amide bonds. The highest BCUT2D eigenvalue weighted by Gasteiger charge is 2.71. The van der Waals surface area contributed by atoms with E-state index in [4.69, 9.17) is 0 Å². The molecule has 0 aromatic heterocycles. The Kier molecular flexibility index (Phi) is 2.55. The first-order valence-corrected chi connectivity index (χ1v) is 7.88. The molecule has 5 atom stereocenters. The number of nitrogens with zero attached hydrogens (tertiary/aromatic N) is 1. The molecule has 0 aromatic carbocycles. The second-order valence-electron chi connectivity index (χ2n) is 7.20. The van der Waals surface area contributed by atoms with Crippen molar-refractivity contribution >= 4 is 5.78 Å². The van der Waals surface area contributed by atoms with Crippen LogP contribution in [0, 0.1) is 11.8 Å². The van der Waals surface area contributed by atoms with Crippen molar-refractivity contribution in [3.63, 3.8) is 0 Å². The van der Waals surface area contributed by atoms with Gasteiger partial charge in [-0.15, -0.1) is 0 Å². The third-order valence-electron chi connectivity index (χ3n) is 6.33. The number of piperidine rings is 2. The summed E-state index contributed by atoms with van der Waals surface area (Å²) in [5, 5.41) is 21.7. The minimum atomic E-state index is -1.35. The second kappa shape index (κ2) is 3.93. The van der Waals surface area contributed by atoms with E-state index in [0.717, 1.165) is 38.8 Å². The molecule has 3 fully saturated rings. The molecule has 1 spiro atoms. The van der Waals surface area contributed by atoms with Crippen LogP contribution in [0.4, 0.5) is 0 Å². The summed E-state index contributed by atoms with van der Waals surface area (Å²) < 4.78 is 0. The van der Waals surface area contributed by atoms with Crippen LogP contribution in [-0.2, 0) is 4.79 Å². The van der Waals surface area contributed by atoms with Crippen molar-refractivity contribution in [3.05, 3.63) is 11.6 Å². The predicted octanol–water partition coefficient (Wildman–Crippen LogP) is 0.872. The first-order valence-electron chi connectivity index (χ1n) is 7.88. The van der Waals surface area contributed by atoms with Crippen molar-refractivity contribution in [2.75, 3.05) is 13.1 Å². The molecule has 2 N–H and O–H groups in total. The van der Waals surface area contributed by atoms with Gasteiger partial charge in [-0.1, -0.05) is 11.6 Å². The number of rotatable bonds is 0. The number of hydrogen-bond acceptors (Lipinski definition) is 4. The standard InChI is InChI=1S/C16H23NO3/c1-10-8-11-12-4-2-6-17-7-3-5-16(20,14(19)13(11)18)15(12,17)9-10/h8,11-13,18,20H,2-7,9H2,1H3/t11-,12-,13+,15-,16+/m1/s1. The van der Waals surface area contributed by atoms with Gasteiger partial charge in [-0.3, -0.25) is 9.69 Å². The molecule has 0 radical (unpaired) electrons. The normalized spacial score (nSPS) is 51.5. The molecule has 2 aliphatic carbocycles. The lowest BCUT2D eigenvalue weighted by Gasteiger charge is -2.67. The molecule has 2 heterocycles. The molecular formula is C16H23NO3. The molecule has 2 saturated heterocycles. The highest BCUT2D eigenvalue weighted by Crippen LogP contribution is 2.59. The Morgan fingerprint density at radius 3 is 2.90 bits per heavy atom. The SMILES string of the molecule is CC1=C[C@H]2[C@H](O)C(=O)[C@@]3(O)CCCN4CCC[C@H]2[C@@]43C1. The second-order valence-corrected chi connectivity index (χ2v) is 7.20. The van der Waals surface area contributed by atoms with Crippen LogP contribution in [-0.4, -0.2) is 51.2 Å². The van der Waals surface area contributed by atoms with E-state index in [9.17, 15) is 15.0 Å². The first kappa shape index (κ1) is 13.0. The van der Waals surface area contributed by atoms with E-state index in [1.54, 1.807) is 0 Å². The molecule has 4 heteroatoms. The van der Waals surface area contributed by atoms with Gasteiger partial charge in [0.05, 0.1) is 5.54 Å². The maximum atomic E-state index is 12.7. The zero-order valence-corrected chi connectivity index (χ0v) is 12.0. The lowest BCUT2D eigenvalue weighted by atomic mass is 9.48. The molecule has 1 saturated carbocycles. The topological polar surface area (TPSA) is 60.8 Å². The Balaban J connectivity index is 1.95. The van der Waals surface area contributed by atoms with E-state index in [1.807, 2.05) is 0 Å². The summed E-state index contributed by atoms with van der Waals surface area (Å²) >= 11 is 0. The molecule has 4 nitrogen and oxygen atoms in total. The lowest BCUT2D eigenvalue weighted by Crippen LogP contribution is -2.81. The summed E-state index contributed by atoms with van der Waals surface area (Å²) in [6.07, 6.45) is 5.32. The molecule has 4 aliphatic rings. The van der Waals surface area contributed by atoms with Crippen molar-refractivity contribution in [1.82, 2.24) is 4.90 Å². The Labute approximate surface area is 119 Å². The minimum absolute atomic E-state index is 0.0996. The number of ketones is 1. The fraction of sp³-hybridized carbons (Fsp3) is 0.812. The minimum Gasteiger partial charge on any atom is -0.385 e. The summed E-state index contributed by atoms with van der Waals surface area (Å²) in [7, 11) is 0. The fourth-order valence-corrected chi connectivity index (χ4v) is 5.69. The van der Waals surface area contributed by atoms with Crippen LogP contribution in [0.15, 0.2) is 11.6 Å². The molecule has 110 valence electrons. The molecule has 20 heavy (non-hydrogen) atoms. The van der Waals surface area contributed by atoms with E-state index < -0.39 is 17.2 Å². The smallest absolute Gasteiger partial charge is 0.195 e. The van der Waals surface area contributed by atoms with Gasteiger partial charge < -0.3 is 10.2 Å². The number of hydrogen-bond donors (Lipinski definition) is 2.